The summed E-state index contributed by atoms with van der Waals surface area (Å²) < 4.78 is 0. The predicted molar refractivity (Wildman–Crippen MR) is 101 cm³/mol. The maximum Gasteiger partial charge on any atom is 0.223 e. The fraction of sp³-hybridized carbons (Fsp3) is 0.435. The molecule has 0 aromatic heterocycles. The van der Waals surface area contributed by atoms with Gasteiger partial charge in [0.05, 0.1) is 6.04 Å². The van der Waals surface area contributed by atoms with E-state index in [0.29, 0.717) is 11.8 Å². The summed E-state index contributed by atoms with van der Waals surface area (Å²) in [4.78, 5) is 15.3. The van der Waals surface area contributed by atoms with Gasteiger partial charge in [0.25, 0.3) is 0 Å². The Morgan fingerprint density at radius 3 is 2.52 bits per heavy atom. The Hall–Kier alpha value is -2.09. The van der Waals surface area contributed by atoms with Crippen molar-refractivity contribution in [3.63, 3.8) is 0 Å². The Morgan fingerprint density at radius 1 is 1.04 bits per heavy atom. The van der Waals surface area contributed by atoms with Gasteiger partial charge in [-0.2, -0.15) is 0 Å². The minimum atomic E-state index is 0.0689. The molecule has 1 atom stereocenters. The minimum absolute atomic E-state index is 0.0689. The summed E-state index contributed by atoms with van der Waals surface area (Å²) in [7, 11) is 0. The molecule has 2 aliphatic rings. The molecular formula is C23H27NO. The summed E-state index contributed by atoms with van der Waals surface area (Å²) >= 11 is 0. The van der Waals surface area contributed by atoms with Crippen molar-refractivity contribution in [3.05, 3.63) is 70.8 Å². The third-order valence-corrected chi connectivity index (χ3v) is 5.93. The number of hydrogen-bond donors (Lipinski definition) is 0. The van der Waals surface area contributed by atoms with Crippen LogP contribution in [0.4, 0.5) is 0 Å². The van der Waals surface area contributed by atoms with Gasteiger partial charge in [0.15, 0.2) is 0 Å². The van der Waals surface area contributed by atoms with E-state index >= 15 is 0 Å². The molecule has 2 heteroatoms. The van der Waals surface area contributed by atoms with Crippen molar-refractivity contribution < 1.29 is 4.79 Å². The first kappa shape index (κ1) is 16.4. The monoisotopic (exact) mass is 333 g/mol. The van der Waals surface area contributed by atoms with Gasteiger partial charge in [0, 0.05) is 13.0 Å². The van der Waals surface area contributed by atoms with Crippen LogP contribution in [0, 0.1) is 12.8 Å². The lowest BCUT2D eigenvalue weighted by atomic mass is 9.87. The molecule has 1 amide bonds. The van der Waals surface area contributed by atoms with E-state index in [0.717, 1.165) is 19.4 Å². The second kappa shape index (κ2) is 7.03. The molecule has 2 nitrogen and oxygen atoms in total. The summed E-state index contributed by atoms with van der Waals surface area (Å²) in [5, 5.41) is 0. The molecule has 0 spiro atoms. The molecule has 1 fully saturated rings. The van der Waals surface area contributed by atoms with Crippen LogP contribution in [0.1, 0.15) is 60.4 Å². The molecule has 1 aliphatic carbocycles. The second-order valence-electron chi connectivity index (χ2n) is 7.70. The number of amides is 1. The Balaban J connectivity index is 1.67. The Labute approximate surface area is 150 Å². The number of rotatable bonds is 3. The molecule has 1 unspecified atom stereocenters. The molecular weight excluding hydrogens is 306 g/mol. The number of benzene rings is 2. The van der Waals surface area contributed by atoms with Crippen LogP contribution in [0.5, 0.6) is 0 Å². The first-order chi connectivity index (χ1) is 12.2. The first-order valence-electron chi connectivity index (χ1n) is 9.66. The fourth-order valence-corrected chi connectivity index (χ4v) is 4.52. The van der Waals surface area contributed by atoms with Gasteiger partial charge in [-0.05, 0) is 48.8 Å². The zero-order chi connectivity index (χ0) is 17.2. The molecule has 0 bridgehead atoms. The van der Waals surface area contributed by atoms with Crippen molar-refractivity contribution in [2.75, 3.05) is 6.54 Å². The van der Waals surface area contributed by atoms with E-state index in [4.69, 9.17) is 0 Å². The maximum absolute atomic E-state index is 13.1. The van der Waals surface area contributed by atoms with Gasteiger partial charge in [0.1, 0.15) is 0 Å². The average Bonchev–Trinajstić information content (AvgIpc) is 3.14. The van der Waals surface area contributed by atoms with Gasteiger partial charge in [-0.15, -0.1) is 0 Å². The number of carbonyl (C=O) groups is 1. The van der Waals surface area contributed by atoms with Gasteiger partial charge in [-0.3, -0.25) is 4.79 Å². The van der Waals surface area contributed by atoms with Gasteiger partial charge in [0.2, 0.25) is 5.91 Å². The van der Waals surface area contributed by atoms with E-state index in [9.17, 15) is 4.79 Å². The Kier molecular flexibility index (Phi) is 4.61. The molecule has 1 saturated carbocycles. The van der Waals surface area contributed by atoms with Crippen LogP contribution < -0.4 is 0 Å². The second-order valence-corrected chi connectivity index (χ2v) is 7.70. The van der Waals surface area contributed by atoms with Crippen molar-refractivity contribution in [3.8, 4) is 0 Å². The number of carbonyl (C=O) groups excluding carboxylic acids is 1. The van der Waals surface area contributed by atoms with E-state index in [2.05, 4.69) is 60.4 Å². The van der Waals surface area contributed by atoms with Crippen molar-refractivity contribution in [2.24, 2.45) is 5.92 Å². The Morgan fingerprint density at radius 2 is 1.76 bits per heavy atom. The van der Waals surface area contributed by atoms with Crippen molar-refractivity contribution >= 4 is 5.91 Å². The van der Waals surface area contributed by atoms with Crippen molar-refractivity contribution in [2.45, 2.75) is 51.5 Å². The van der Waals surface area contributed by atoms with Gasteiger partial charge >= 0.3 is 0 Å². The van der Waals surface area contributed by atoms with E-state index in [1.807, 2.05) is 0 Å². The van der Waals surface area contributed by atoms with Crippen LogP contribution in [-0.2, 0) is 11.2 Å². The van der Waals surface area contributed by atoms with Crippen LogP contribution in [0.3, 0.4) is 0 Å². The van der Waals surface area contributed by atoms with E-state index in [1.165, 1.54) is 47.9 Å². The third-order valence-electron chi connectivity index (χ3n) is 5.93. The topological polar surface area (TPSA) is 20.3 Å². The summed E-state index contributed by atoms with van der Waals surface area (Å²) in [6.07, 6.45) is 6.74. The third kappa shape index (κ3) is 3.35. The highest BCUT2D eigenvalue weighted by Crippen LogP contribution is 2.37. The molecule has 1 aliphatic heterocycles. The van der Waals surface area contributed by atoms with E-state index in [-0.39, 0.29) is 6.04 Å². The zero-order valence-corrected chi connectivity index (χ0v) is 15.1. The van der Waals surface area contributed by atoms with Crippen molar-refractivity contribution in [1.82, 2.24) is 4.90 Å². The van der Waals surface area contributed by atoms with E-state index < -0.39 is 0 Å². The summed E-state index contributed by atoms with van der Waals surface area (Å²) in [6, 6.07) is 17.4. The molecule has 0 saturated heterocycles. The largest absolute Gasteiger partial charge is 0.331 e. The van der Waals surface area contributed by atoms with Gasteiger partial charge in [-0.1, -0.05) is 66.9 Å². The van der Waals surface area contributed by atoms with E-state index in [1.54, 1.807) is 0 Å². The van der Waals surface area contributed by atoms with Gasteiger partial charge < -0.3 is 4.90 Å². The summed E-state index contributed by atoms with van der Waals surface area (Å²) in [6.45, 7) is 2.95. The highest BCUT2D eigenvalue weighted by atomic mass is 16.2. The number of nitrogens with zero attached hydrogens (tertiary/aromatic N) is 1. The zero-order valence-electron chi connectivity index (χ0n) is 15.1. The van der Waals surface area contributed by atoms with Gasteiger partial charge in [-0.25, -0.2) is 0 Å². The number of hydrogen-bond acceptors (Lipinski definition) is 1. The molecule has 1 heterocycles. The predicted octanol–water partition coefficient (Wildman–Crippen LogP) is 5.05. The first-order valence-corrected chi connectivity index (χ1v) is 9.66. The fourth-order valence-electron chi connectivity index (χ4n) is 4.52. The van der Waals surface area contributed by atoms with Crippen LogP contribution in [0.25, 0.3) is 0 Å². The molecule has 4 rings (SSSR count). The quantitative estimate of drug-likeness (QED) is 0.770. The molecule has 0 N–H and O–H groups in total. The van der Waals surface area contributed by atoms with Crippen LogP contribution in [0.2, 0.25) is 0 Å². The molecule has 2 aromatic carbocycles. The maximum atomic E-state index is 13.1. The smallest absolute Gasteiger partial charge is 0.223 e. The SMILES string of the molecule is Cc1ccc(C2c3ccccc3CCN2C(=O)CC2CCCC2)cc1. The molecule has 130 valence electrons. The lowest BCUT2D eigenvalue weighted by molar-refractivity contribution is -0.134. The van der Waals surface area contributed by atoms with Crippen LogP contribution in [0.15, 0.2) is 48.5 Å². The highest BCUT2D eigenvalue weighted by Gasteiger charge is 2.33. The number of aryl methyl sites for hydroxylation is 1. The minimum Gasteiger partial charge on any atom is -0.331 e. The normalized spacial score (nSPS) is 20.5. The highest BCUT2D eigenvalue weighted by molar-refractivity contribution is 5.78. The average molecular weight is 333 g/mol. The molecule has 0 radical (unpaired) electrons. The van der Waals surface area contributed by atoms with Crippen molar-refractivity contribution in [1.29, 1.82) is 0 Å². The van der Waals surface area contributed by atoms with Crippen LogP contribution in [-0.4, -0.2) is 17.4 Å². The Bertz CT molecular complexity index is 743. The summed E-state index contributed by atoms with van der Waals surface area (Å²) in [5.41, 5.74) is 5.18. The van der Waals surface area contributed by atoms with Crippen LogP contribution >= 0.6 is 0 Å². The standard InChI is InChI=1S/C23H27NO/c1-17-10-12-20(13-11-17)23-21-9-5-4-8-19(21)14-15-24(23)22(25)16-18-6-2-3-7-18/h4-5,8-13,18,23H,2-3,6-7,14-16H2,1H3. The number of fused-ring (bicyclic) bond motifs is 1. The lowest BCUT2D eigenvalue weighted by Crippen LogP contribution is -2.41. The molecule has 25 heavy (non-hydrogen) atoms. The molecule has 2 aromatic rings. The summed E-state index contributed by atoms with van der Waals surface area (Å²) in [5.74, 6) is 0.940. The lowest BCUT2D eigenvalue weighted by Gasteiger charge is -2.38.